The van der Waals surface area contributed by atoms with Gasteiger partial charge in [0.05, 0.1) is 27.5 Å². The molecular formula is C33H29N7O2S. The van der Waals surface area contributed by atoms with Crippen LogP contribution >= 0.6 is 11.8 Å². The lowest BCUT2D eigenvalue weighted by Gasteiger charge is -2.32. The van der Waals surface area contributed by atoms with Crippen LogP contribution in [0.4, 0.5) is 10.7 Å². The Hall–Kier alpha value is -4.67. The largest absolute Gasteiger partial charge is 0.341 e. The highest BCUT2D eigenvalue weighted by Gasteiger charge is 2.26. The van der Waals surface area contributed by atoms with Crippen molar-refractivity contribution in [2.45, 2.75) is 19.4 Å². The minimum atomic E-state index is -0.385. The standard InChI is InChI=1S/C33H29N7O2S/c41-31-30(43-33(42)39-31)18-23-9-13-36-32(37-23)40-15-11-21(12-16-40)19-34-20-29-24-6-2-1-5-22(24)17-28(38-29)26-10-14-35-27-8-4-3-7-25(26)27/h1-10,13-14,17-18,21,34H,11-12,15-16,19-20H2,(H,39,41,42). The lowest BCUT2D eigenvalue weighted by molar-refractivity contribution is -0.115. The summed E-state index contributed by atoms with van der Waals surface area (Å²) in [5.41, 5.74) is 4.67. The zero-order chi connectivity index (χ0) is 29.2. The van der Waals surface area contributed by atoms with Gasteiger partial charge >= 0.3 is 0 Å². The van der Waals surface area contributed by atoms with E-state index >= 15 is 0 Å². The van der Waals surface area contributed by atoms with E-state index in [9.17, 15) is 9.59 Å². The number of nitrogens with one attached hydrogen (secondary N) is 2. The molecule has 0 radical (unpaired) electrons. The van der Waals surface area contributed by atoms with Crippen LogP contribution in [0.2, 0.25) is 0 Å². The highest BCUT2D eigenvalue weighted by Crippen LogP contribution is 2.30. The Labute approximate surface area is 252 Å². The molecule has 0 saturated carbocycles. The molecule has 0 bridgehead atoms. The van der Waals surface area contributed by atoms with Gasteiger partial charge in [0.1, 0.15) is 0 Å². The Kier molecular flexibility index (Phi) is 7.53. The molecular weight excluding hydrogens is 558 g/mol. The molecule has 9 nitrogen and oxygen atoms in total. The van der Waals surface area contributed by atoms with Crippen LogP contribution in [-0.2, 0) is 11.3 Å². The first kappa shape index (κ1) is 27.2. The summed E-state index contributed by atoms with van der Waals surface area (Å²) in [5.74, 6) is 0.792. The van der Waals surface area contributed by atoms with E-state index in [0.717, 1.165) is 77.5 Å². The average Bonchev–Trinajstić information content (AvgIpc) is 3.36. The van der Waals surface area contributed by atoms with Crippen molar-refractivity contribution in [3.8, 4) is 11.3 Å². The SMILES string of the molecule is O=C1NC(=O)C(=Cc2ccnc(N3CCC(CNCc4nc(-c5ccnc6ccccc56)cc5ccccc45)CC3)n2)S1. The number of aromatic nitrogens is 4. The number of piperidine rings is 1. The van der Waals surface area contributed by atoms with Crippen LogP contribution in [0.1, 0.15) is 24.2 Å². The van der Waals surface area contributed by atoms with Gasteiger partial charge in [0.25, 0.3) is 11.1 Å². The number of benzene rings is 2. The Bertz CT molecular complexity index is 1880. The average molecular weight is 588 g/mol. The van der Waals surface area contributed by atoms with E-state index in [1.165, 1.54) is 5.39 Å². The first-order valence-corrected chi connectivity index (χ1v) is 15.2. The Morgan fingerprint density at radius 1 is 0.930 bits per heavy atom. The van der Waals surface area contributed by atoms with Gasteiger partial charge in [-0.15, -0.1) is 0 Å². The lowest BCUT2D eigenvalue weighted by atomic mass is 9.97. The van der Waals surface area contributed by atoms with E-state index in [1.54, 1.807) is 18.3 Å². The van der Waals surface area contributed by atoms with Crippen molar-refractivity contribution in [1.29, 1.82) is 0 Å². The fraction of sp³-hybridized carbons (Fsp3) is 0.212. The second-order valence-electron chi connectivity index (χ2n) is 10.7. The summed E-state index contributed by atoms with van der Waals surface area (Å²) < 4.78 is 0. The first-order chi connectivity index (χ1) is 21.1. The smallest absolute Gasteiger partial charge is 0.290 e. The molecule has 2 amide bonds. The number of nitrogens with zero attached hydrogens (tertiary/aromatic N) is 5. The Balaban J connectivity index is 1.01. The molecule has 2 aliphatic heterocycles. The first-order valence-electron chi connectivity index (χ1n) is 14.4. The second-order valence-corrected chi connectivity index (χ2v) is 11.8. The molecule has 0 spiro atoms. The third-order valence-electron chi connectivity index (χ3n) is 7.95. The normalized spacial score (nSPS) is 16.8. The van der Waals surface area contributed by atoms with Crippen molar-refractivity contribution in [2.75, 3.05) is 24.5 Å². The molecule has 3 aromatic heterocycles. The number of anilines is 1. The number of para-hydroxylation sites is 1. The van der Waals surface area contributed by atoms with Crippen LogP contribution in [0.15, 0.2) is 84.0 Å². The number of imide groups is 1. The van der Waals surface area contributed by atoms with Crippen LogP contribution in [0.5, 0.6) is 0 Å². The van der Waals surface area contributed by atoms with Crippen LogP contribution in [0, 0.1) is 5.92 Å². The molecule has 2 aliphatic rings. The molecule has 10 heteroatoms. The predicted octanol–water partition coefficient (Wildman–Crippen LogP) is 5.57. The number of rotatable bonds is 7. The fourth-order valence-electron chi connectivity index (χ4n) is 5.74. The minimum Gasteiger partial charge on any atom is -0.341 e. The summed E-state index contributed by atoms with van der Waals surface area (Å²) in [5, 5.41) is 9.04. The Morgan fingerprint density at radius 2 is 1.72 bits per heavy atom. The van der Waals surface area contributed by atoms with Crippen LogP contribution < -0.4 is 15.5 Å². The van der Waals surface area contributed by atoms with Crippen molar-refractivity contribution in [3.63, 3.8) is 0 Å². The molecule has 5 aromatic rings. The summed E-state index contributed by atoms with van der Waals surface area (Å²) in [6.45, 7) is 3.29. The molecule has 5 heterocycles. The topological polar surface area (TPSA) is 113 Å². The van der Waals surface area contributed by atoms with Gasteiger partial charge in [-0.3, -0.25) is 24.9 Å². The van der Waals surface area contributed by atoms with Gasteiger partial charge in [-0.05, 0) is 72.8 Å². The van der Waals surface area contributed by atoms with Gasteiger partial charge in [0.15, 0.2) is 0 Å². The van der Waals surface area contributed by atoms with Crippen molar-refractivity contribution in [3.05, 3.63) is 95.4 Å². The summed E-state index contributed by atoms with van der Waals surface area (Å²) in [4.78, 5) is 44.7. The maximum Gasteiger partial charge on any atom is 0.290 e. The summed E-state index contributed by atoms with van der Waals surface area (Å²) in [6.07, 6.45) is 7.22. The predicted molar refractivity (Wildman–Crippen MR) is 170 cm³/mol. The third-order valence-corrected chi connectivity index (χ3v) is 8.76. The molecule has 2 N–H and O–H groups in total. The number of carbonyl (C=O) groups excluding carboxylic acids is 2. The van der Waals surface area contributed by atoms with Gasteiger partial charge in [-0.1, -0.05) is 42.5 Å². The fourth-order valence-corrected chi connectivity index (χ4v) is 6.41. The van der Waals surface area contributed by atoms with Gasteiger partial charge in [0, 0.05) is 48.4 Å². The summed E-state index contributed by atoms with van der Waals surface area (Å²) in [7, 11) is 0. The highest BCUT2D eigenvalue weighted by molar-refractivity contribution is 8.18. The van der Waals surface area contributed by atoms with E-state index in [4.69, 9.17) is 4.98 Å². The van der Waals surface area contributed by atoms with E-state index in [2.05, 4.69) is 66.9 Å². The van der Waals surface area contributed by atoms with E-state index in [-0.39, 0.29) is 11.1 Å². The minimum absolute atomic E-state index is 0.348. The number of hydrogen-bond acceptors (Lipinski definition) is 9. The van der Waals surface area contributed by atoms with Crippen molar-refractivity contribution < 1.29 is 9.59 Å². The summed E-state index contributed by atoms with van der Waals surface area (Å²) >= 11 is 0.890. The molecule has 0 unspecified atom stereocenters. The maximum absolute atomic E-state index is 11.9. The van der Waals surface area contributed by atoms with E-state index in [0.29, 0.717) is 29.0 Å². The van der Waals surface area contributed by atoms with Gasteiger partial charge < -0.3 is 10.2 Å². The van der Waals surface area contributed by atoms with Crippen LogP contribution in [-0.4, -0.2) is 50.7 Å². The van der Waals surface area contributed by atoms with Crippen LogP contribution in [0.3, 0.4) is 0 Å². The molecule has 2 saturated heterocycles. The van der Waals surface area contributed by atoms with Crippen LogP contribution in [0.25, 0.3) is 39.0 Å². The van der Waals surface area contributed by atoms with Gasteiger partial charge in [0.2, 0.25) is 5.95 Å². The number of thioether (sulfide) groups is 1. The number of carbonyl (C=O) groups is 2. The lowest BCUT2D eigenvalue weighted by Crippen LogP contribution is -2.38. The molecule has 2 aromatic carbocycles. The number of fused-ring (bicyclic) bond motifs is 2. The highest BCUT2D eigenvalue weighted by atomic mass is 32.2. The number of hydrogen-bond donors (Lipinski definition) is 2. The second kappa shape index (κ2) is 11.9. The molecule has 2 fully saturated rings. The number of pyridine rings is 2. The molecule has 214 valence electrons. The Morgan fingerprint density at radius 3 is 2.56 bits per heavy atom. The third kappa shape index (κ3) is 5.84. The molecule has 43 heavy (non-hydrogen) atoms. The maximum atomic E-state index is 11.9. The summed E-state index contributed by atoms with van der Waals surface area (Å²) in [6, 6.07) is 22.6. The zero-order valence-corrected chi connectivity index (χ0v) is 24.2. The van der Waals surface area contributed by atoms with Crippen molar-refractivity contribution >= 4 is 56.6 Å². The van der Waals surface area contributed by atoms with Gasteiger partial charge in [-0.25, -0.2) is 9.97 Å². The van der Waals surface area contributed by atoms with Crippen molar-refractivity contribution in [1.82, 2.24) is 30.6 Å². The van der Waals surface area contributed by atoms with Gasteiger partial charge in [-0.2, -0.15) is 0 Å². The quantitative estimate of drug-likeness (QED) is 0.236. The molecule has 0 aliphatic carbocycles. The monoisotopic (exact) mass is 587 g/mol. The number of amides is 2. The van der Waals surface area contributed by atoms with Crippen molar-refractivity contribution in [2.24, 2.45) is 5.92 Å². The molecule has 7 rings (SSSR count). The van der Waals surface area contributed by atoms with E-state index < -0.39 is 0 Å². The van der Waals surface area contributed by atoms with E-state index in [1.807, 2.05) is 30.5 Å². The molecule has 0 atom stereocenters. The zero-order valence-electron chi connectivity index (χ0n) is 23.4.